The maximum absolute atomic E-state index is 8.81. The van der Waals surface area contributed by atoms with E-state index in [1.54, 1.807) is 7.11 Å². The van der Waals surface area contributed by atoms with Gasteiger partial charge in [0.05, 0.1) is 5.60 Å². The second-order valence-corrected chi connectivity index (χ2v) is 4.11. The fraction of sp³-hybridized carbons (Fsp3) is 1.00. The van der Waals surface area contributed by atoms with E-state index >= 15 is 0 Å². The fourth-order valence-electron chi connectivity index (χ4n) is 1.50. The van der Waals surface area contributed by atoms with Gasteiger partial charge in [0.1, 0.15) is 0 Å². The number of rotatable bonds is 4. The molecule has 0 saturated heterocycles. The second-order valence-electron chi connectivity index (χ2n) is 4.11. The van der Waals surface area contributed by atoms with Gasteiger partial charge in [-0.25, -0.2) is 0 Å². The Bertz CT molecular complexity index is 132. The monoisotopic (exact) mass is 158 g/mol. The van der Waals surface area contributed by atoms with Crippen molar-refractivity contribution in [2.45, 2.75) is 32.3 Å². The van der Waals surface area contributed by atoms with Crippen LogP contribution in [0.15, 0.2) is 0 Å². The predicted molar refractivity (Wildman–Crippen MR) is 44.4 cm³/mol. The highest BCUT2D eigenvalue weighted by Crippen LogP contribution is 2.43. The smallest absolute Gasteiger partial charge is 0.0625 e. The Kier molecular flexibility index (Phi) is 2.55. The van der Waals surface area contributed by atoms with E-state index in [-0.39, 0.29) is 5.60 Å². The van der Waals surface area contributed by atoms with Crippen molar-refractivity contribution in [1.82, 2.24) is 0 Å². The van der Waals surface area contributed by atoms with Gasteiger partial charge in [-0.05, 0) is 38.5 Å². The van der Waals surface area contributed by atoms with E-state index in [0.717, 1.165) is 6.42 Å². The molecule has 0 bridgehead atoms. The molecule has 0 aromatic carbocycles. The lowest BCUT2D eigenvalue weighted by atomic mass is 10.0. The predicted octanol–water partition coefficient (Wildman–Crippen LogP) is 1.43. The van der Waals surface area contributed by atoms with Crippen LogP contribution in [0.2, 0.25) is 0 Å². The van der Waals surface area contributed by atoms with Crippen molar-refractivity contribution in [2.75, 3.05) is 13.7 Å². The summed E-state index contributed by atoms with van der Waals surface area (Å²) in [6, 6.07) is 0. The Balaban J connectivity index is 2.22. The van der Waals surface area contributed by atoms with E-state index in [1.165, 1.54) is 6.42 Å². The van der Waals surface area contributed by atoms with Gasteiger partial charge in [0.2, 0.25) is 0 Å². The maximum atomic E-state index is 8.81. The van der Waals surface area contributed by atoms with Crippen LogP contribution in [0.1, 0.15) is 26.7 Å². The lowest BCUT2D eigenvalue weighted by Gasteiger charge is -2.22. The fourth-order valence-corrected chi connectivity index (χ4v) is 1.50. The third kappa shape index (κ3) is 2.46. The molecule has 1 N–H and O–H groups in total. The first-order chi connectivity index (χ1) is 5.09. The van der Waals surface area contributed by atoms with Crippen LogP contribution in [0.3, 0.4) is 0 Å². The molecule has 1 aliphatic carbocycles. The lowest BCUT2D eigenvalue weighted by Crippen LogP contribution is -2.23. The van der Waals surface area contributed by atoms with Crippen molar-refractivity contribution in [1.29, 1.82) is 0 Å². The largest absolute Gasteiger partial charge is 0.396 e. The summed E-state index contributed by atoms with van der Waals surface area (Å²) < 4.78 is 5.30. The lowest BCUT2D eigenvalue weighted by molar-refractivity contribution is 0.00903. The van der Waals surface area contributed by atoms with Crippen molar-refractivity contribution in [3.8, 4) is 0 Å². The van der Waals surface area contributed by atoms with Gasteiger partial charge in [0.15, 0.2) is 0 Å². The molecular weight excluding hydrogens is 140 g/mol. The van der Waals surface area contributed by atoms with Crippen LogP contribution in [0.4, 0.5) is 0 Å². The molecule has 1 rings (SSSR count). The summed E-state index contributed by atoms with van der Waals surface area (Å²) in [4.78, 5) is 0. The van der Waals surface area contributed by atoms with Gasteiger partial charge in [-0.2, -0.15) is 0 Å². The van der Waals surface area contributed by atoms with E-state index in [4.69, 9.17) is 9.84 Å². The highest BCUT2D eigenvalue weighted by molar-refractivity contribution is 4.90. The van der Waals surface area contributed by atoms with Crippen LogP contribution >= 0.6 is 0 Å². The molecule has 0 radical (unpaired) electrons. The zero-order chi connectivity index (χ0) is 8.48. The van der Waals surface area contributed by atoms with Gasteiger partial charge >= 0.3 is 0 Å². The molecule has 2 nitrogen and oxygen atoms in total. The minimum atomic E-state index is -0.00537. The molecule has 0 aliphatic heterocycles. The van der Waals surface area contributed by atoms with Crippen molar-refractivity contribution in [2.24, 2.45) is 11.8 Å². The first kappa shape index (κ1) is 9.01. The van der Waals surface area contributed by atoms with Gasteiger partial charge in [-0.15, -0.1) is 0 Å². The number of methoxy groups -OCH3 is 1. The zero-order valence-corrected chi connectivity index (χ0v) is 7.63. The van der Waals surface area contributed by atoms with Crippen molar-refractivity contribution >= 4 is 0 Å². The van der Waals surface area contributed by atoms with Gasteiger partial charge in [-0.3, -0.25) is 0 Å². The third-order valence-electron chi connectivity index (χ3n) is 2.61. The summed E-state index contributed by atoms with van der Waals surface area (Å²) in [6.45, 7) is 4.55. The Morgan fingerprint density at radius 2 is 2.09 bits per heavy atom. The molecule has 0 heterocycles. The van der Waals surface area contributed by atoms with Gasteiger partial charge < -0.3 is 9.84 Å². The van der Waals surface area contributed by atoms with Crippen LogP contribution in [0, 0.1) is 11.8 Å². The molecule has 0 aromatic heterocycles. The van der Waals surface area contributed by atoms with Crippen LogP contribution in [-0.4, -0.2) is 24.4 Å². The van der Waals surface area contributed by atoms with E-state index < -0.39 is 0 Å². The minimum absolute atomic E-state index is 0.00537. The molecule has 0 aromatic rings. The Morgan fingerprint density at radius 1 is 1.45 bits per heavy atom. The van der Waals surface area contributed by atoms with Crippen molar-refractivity contribution < 1.29 is 9.84 Å². The van der Waals surface area contributed by atoms with E-state index in [9.17, 15) is 0 Å². The summed E-state index contributed by atoms with van der Waals surface area (Å²) in [5.74, 6) is 1.26. The van der Waals surface area contributed by atoms with Crippen LogP contribution < -0.4 is 0 Å². The molecule has 2 atom stereocenters. The van der Waals surface area contributed by atoms with Crippen LogP contribution in [-0.2, 0) is 4.74 Å². The second kappa shape index (κ2) is 3.11. The van der Waals surface area contributed by atoms with Gasteiger partial charge in [-0.1, -0.05) is 0 Å². The van der Waals surface area contributed by atoms with E-state index in [2.05, 4.69) is 13.8 Å². The first-order valence-corrected chi connectivity index (χ1v) is 4.25. The first-order valence-electron chi connectivity index (χ1n) is 4.25. The summed E-state index contributed by atoms with van der Waals surface area (Å²) in [5, 5.41) is 8.81. The molecule has 1 aliphatic rings. The number of hydrogen-bond acceptors (Lipinski definition) is 2. The Hall–Kier alpha value is -0.0800. The molecule has 66 valence electrons. The average molecular weight is 158 g/mol. The number of aliphatic hydroxyl groups excluding tert-OH is 1. The summed E-state index contributed by atoms with van der Waals surface area (Å²) in [5.41, 5.74) is -0.00537. The quantitative estimate of drug-likeness (QED) is 0.670. The highest BCUT2D eigenvalue weighted by atomic mass is 16.5. The highest BCUT2D eigenvalue weighted by Gasteiger charge is 2.39. The molecular formula is C9H18O2. The summed E-state index contributed by atoms with van der Waals surface area (Å²) in [6.07, 6.45) is 2.26. The van der Waals surface area contributed by atoms with Crippen molar-refractivity contribution in [3.05, 3.63) is 0 Å². The molecule has 1 fully saturated rings. The third-order valence-corrected chi connectivity index (χ3v) is 2.61. The van der Waals surface area contributed by atoms with E-state index in [1.807, 2.05) is 0 Å². The minimum Gasteiger partial charge on any atom is -0.396 e. The van der Waals surface area contributed by atoms with Gasteiger partial charge in [0, 0.05) is 13.7 Å². The topological polar surface area (TPSA) is 29.5 Å². The molecule has 1 saturated carbocycles. The van der Waals surface area contributed by atoms with Crippen LogP contribution in [0.5, 0.6) is 0 Å². The maximum Gasteiger partial charge on any atom is 0.0625 e. The average Bonchev–Trinajstić information content (AvgIpc) is 2.67. The Morgan fingerprint density at radius 3 is 2.45 bits per heavy atom. The normalized spacial score (nSPS) is 30.5. The molecule has 11 heavy (non-hydrogen) atoms. The number of hydrogen-bond donors (Lipinski definition) is 1. The molecule has 2 unspecified atom stereocenters. The molecule has 0 spiro atoms. The van der Waals surface area contributed by atoms with Crippen molar-refractivity contribution in [3.63, 3.8) is 0 Å². The SMILES string of the molecule is COC(C)(C)CC1CC1CO. The summed E-state index contributed by atoms with van der Waals surface area (Å²) >= 11 is 0. The standard InChI is InChI=1S/C9H18O2/c1-9(2,11-3)5-7-4-8(7)6-10/h7-8,10H,4-6H2,1-3H3. The molecule has 2 heteroatoms. The Labute approximate surface area is 68.6 Å². The number of aliphatic hydroxyl groups is 1. The van der Waals surface area contributed by atoms with Crippen LogP contribution in [0.25, 0.3) is 0 Å². The van der Waals surface area contributed by atoms with Gasteiger partial charge in [0.25, 0.3) is 0 Å². The molecule has 0 amide bonds. The zero-order valence-electron chi connectivity index (χ0n) is 7.63. The summed E-state index contributed by atoms with van der Waals surface area (Å²) in [7, 11) is 1.75. The number of ether oxygens (including phenoxy) is 1. The van der Waals surface area contributed by atoms with E-state index in [0.29, 0.717) is 18.4 Å².